The third-order valence-corrected chi connectivity index (χ3v) is 4.01. The lowest BCUT2D eigenvalue weighted by atomic mass is 10.0. The van der Waals surface area contributed by atoms with Crippen molar-refractivity contribution in [3.05, 3.63) is 17.5 Å². The van der Waals surface area contributed by atoms with Crippen LogP contribution >= 0.6 is 0 Å². The highest BCUT2D eigenvalue weighted by atomic mass is 15.3. The van der Waals surface area contributed by atoms with E-state index in [0.29, 0.717) is 11.3 Å². The van der Waals surface area contributed by atoms with E-state index in [1.807, 2.05) is 11.7 Å². The van der Waals surface area contributed by atoms with Crippen LogP contribution in [0.2, 0.25) is 0 Å². The van der Waals surface area contributed by atoms with E-state index in [2.05, 4.69) is 37.4 Å². The van der Waals surface area contributed by atoms with Gasteiger partial charge in [0.05, 0.1) is 5.69 Å². The summed E-state index contributed by atoms with van der Waals surface area (Å²) in [5.74, 6) is 0.508. The van der Waals surface area contributed by atoms with E-state index < -0.39 is 0 Å². The van der Waals surface area contributed by atoms with Crippen molar-refractivity contribution in [3.8, 4) is 0 Å². The molecule has 17 heavy (non-hydrogen) atoms. The Bertz CT molecular complexity index is 375. The van der Waals surface area contributed by atoms with Gasteiger partial charge in [-0.3, -0.25) is 4.68 Å². The summed E-state index contributed by atoms with van der Waals surface area (Å²) in [6, 6.07) is 0. The largest absolute Gasteiger partial charge is 0.312 e. The third-order valence-electron chi connectivity index (χ3n) is 4.01. The molecular formula is C14H25N3. The van der Waals surface area contributed by atoms with Gasteiger partial charge in [0.2, 0.25) is 0 Å². The van der Waals surface area contributed by atoms with Crippen molar-refractivity contribution in [2.45, 2.75) is 52.5 Å². The molecule has 1 aromatic rings. The van der Waals surface area contributed by atoms with Crippen LogP contribution < -0.4 is 5.32 Å². The van der Waals surface area contributed by atoms with Crippen molar-refractivity contribution in [1.29, 1.82) is 0 Å². The monoisotopic (exact) mass is 235 g/mol. The summed E-state index contributed by atoms with van der Waals surface area (Å²) in [6.45, 7) is 8.85. The Hall–Kier alpha value is -0.830. The molecule has 96 valence electrons. The van der Waals surface area contributed by atoms with E-state index in [-0.39, 0.29) is 0 Å². The molecule has 1 heterocycles. The van der Waals surface area contributed by atoms with Crippen LogP contribution in [0.3, 0.4) is 0 Å². The molecule has 3 heteroatoms. The van der Waals surface area contributed by atoms with Gasteiger partial charge in [-0.2, -0.15) is 5.10 Å². The van der Waals surface area contributed by atoms with E-state index in [1.165, 1.54) is 30.5 Å². The fourth-order valence-corrected chi connectivity index (χ4v) is 2.47. The summed E-state index contributed by atoms with van der Waals surface area (Å²) in [7, 11) is 2.00. The minimum absolute atomic E-state index is 0.508. The summed E-state index contributed by atoms with van der Waals surface area (Å²) in [5, 5.41) is 8.15. The van der Waals surface area contributed by atoms with Crippen molar-refractivity contribution >= 4 is 0 Å². The SMILES string of the molecule is CCC1(CNCc2cn(C)nc2C(C)C)CC1. The molecule has 1 aliphatic rings. The third kappa shape index (κ3) is 2.89. The van der Waals surface area contributed by atoms with Crippen LogP contribution in [0.5, 0.6) is 0 Å². The summed E-state index contributed by atoms with van der Waals surface area (Å²) < 4.78 is 1.93. The summed E-state index contributed by atoms with van der Waals surface area (Å²) >= 11 is 0. The average Bonchev–Trinajstić information content (AvgIpc) is 2.96. The second-order valence-corrected chi connectivity index (χ2v) is 5.83. The molecule has 1 aliphatic carbocycles. The van der Waals surface area contributed by atoms with Crippen molar-refractivity contribution in [3.63, 3.8) is 0 Å². The first-order valence-corrected chi connectivity index (χ1v) is 6.79. The molecule has 0 unspecified atom stereocenters. The van der Waals surface area contributed by atoms with Crippen molar-refractivity contribution in [1.82, 2.24) is 15.1 Å². The molecule has 0 radical (unpaired) electrons. The Labute approximate surface area is 105 Å². The first kappa shape index (κ1) is 12.6. The Morgan fingerprint density at radius 1 is 1.47 bits per heavy atom. The Morgan fingerprint density at radius 3 is 2.71 bits per heavy atom. The molecule has 1 fully saturated rings. The number of nitrogens with zero attached hydrogens (tertiary/aromatic N) is 2. The van der Waals surface area contributed by atoms with E-state index in [9.17, 15) is 0 Å². The minimum atomic E-state index is 0.508. The fraction of sp³-hybridized carbons (Fsp3) is 0.786. The lowest BCUT2D eigenvalue weighted by Gasteiger charge is -2.13. The molecule has 0 atom stereocenters. The highest BCUT2D eigenvalue weighted by molar-refractivity contribution is 5.20. The summed E-state index contributed by atoms with van der Waals surface area (Å²) in [6.07, 6.45) is 6.26. The lowest BCUT2D eigenvalue weighted by Crippen LogP contribution is -2.23. The molecule has 0 bridgehead atoms. The van der Waals surface area contributed by atoms with Gasteiger partial charge in [-0.15, -0.1) is 0 Å². The van der Waals surface area contributed by atoms with Crippen LogP contribution in [0, 0.1) is 5.41 Å². The highest BCUT2D eigenvalue weighted by Gasteiger charge is 2.39. The zero-order valence-electron chi connectivity index (χ0n) is 11.6. The van der Waals surface area contributed by atoms with E-state index in [4.69, 9.17) is 0 Å². The minimum Gasteiger partial charge on any atom is -0.312 e. The number of aromatic nitrogens is 2. The zero-order chi connectivity index (χ0) is 12.5. The highest BCUT2D eigenvalue weighted by Crippen LogP contribution is 2.47. The van der Waals surface area contributed by atoms with Gasteiger partial charge < -0.3 is 5.32 Å². The standard InChI is InChI=1S/C14H25N3/c1-5-14(6-7-14)10-15-8-12-9-17(4)16-13(12)11(2)3/h9,11,15H,5-8,10H2,1-4H3. The fourth-order valence-electron chi connectivity index (χ4n) is 2.47. The van der Waals surface area contributed by atoms with Gasteiger partial charge in [0.15, 0.2) is 0 Å². The predicted molar refractivity (Wildman–Crippen MR) is 71.0 cm³/mol. The van der Waals surface area contributed by atoms with Crippen molar-refractivity contribution in [2.75, 3.05) is 6.54 Å². The Balaban J connectivity index is 1.90. The van der Waals surface area contributed by atoms with Crippen LogP contribution in [0.15, 0.2) is 6.20 Å². The zero-order valence-corrected chi connectivity index (χ0v) is 11.6. The number of hydrogen-bond donors (Lipinski definition) is 1. The van der Waals surface area contributed by atoms with Gasteiger partial charge in [0.25, 0.3) is 0 Å². The maximum atomic E-state index is 4.54. The molecule has 1 aromatic heterocycles. The number of hydrogen-bond acceptors (Lipinski definition) is 2. The van der Waals surface area contributed by atoms with Crippen LogP contribution in [-0.2, 0) is 13.6 Å². The van der Waals surface area contributed by atoms with Gasteiger partial charge in [0.1, 0.15) is 0 Å². The van der Waals surface area contributed by atoms with Gasteiger partial charge in [-0.05, 0) is 30.6 Å². The smallest absolute Gasteiger partial charge is 0.0694 e. The number of rotatable bonds is 6. The second kappa shape index (κ2) is 4.81. The van der Waals surface area contributed by atoms with Gasteiger partial charge in [-0.1, -0.05) is 20.8 Å². The first-order chi connectivity index (χ1) is 8.06. The number of aryl methyl sites for hydroxylation is 1. The predicted octanol–water partition coefficient (Wildman–Crippen LogP) is 2.82. The van der Waals surface area contributed by atoms with E-state index in [0.717, 1.165) is 13.1 Å². The summed E-state index contributed by atoms with van der Waals surface area (Å²) in [4.78, 5) is 0. The van der Waals surface area contributed by atoms with Gasteiger partial charge in [0, 0.05) is 31.9 Å². The average molecular weight is 235 g/mol. The first-order valence-electron chi connectivity index (χ1n) is 6.79. The molecule has 1 saturated carbocycles. The molecule has 0 aromatic carbocycles. The molecule has 0 amide bonds. The molecule has 2 rings (SSSR count). The molecule has 1 N–H and O–H groups in total. The summed E-state index contributed by atoms with van der Waals surface area (Å²) in [5.41, 5.74) is 3.22. The quantitative estimate of drug-likeness (QED) is 0.821. The molecule has 0 aliphatic heterocycles. The maximum absolute atomic E-state index is 4.54. The van der Waals surface area contributed by atoms with Crippen molar-refractivity contribution in [2.24, 2.45) is 12.5 Å². The lowest BCUT2D eigenvalue weighted by molar-refractivity contribution is 0.443. The molecule has 0 saturated heterocycles. The maximum Gasteiger partial charge on any atom is 0.0694 e. The second-order valence-electron chi connectivity index (χ2n) is 5.83. The van der Waals surface area contributed by atoms with Crippen molar-refractivity contribution < 1.29 is 0 Å². The van der Waals surface area contributed by atoms with E-state index in [1.54, 1.807) is 0 Å². The molecule has 3 nitrogen and oxygen atoms in total. The number of nitrogens with one attached hydrogen (secondary N) is 1. The van der Waals surface area contributed by atoms with Crippen LogP contribution in [-0.4, -0.2) is 16.3 Å². The van der Waals surface area contributed by atoms with Crippen LogP contribution in [0.1, 0.15) is 57.2 Å². The molecular weight excluding hydrogens is 210 g/mol. The van der Waals surface area contributed by atoms with Gasteiger partial charge >= 0.3 is 0 Å². The van der Waals surface area contributed by atoms with E-state index >= 15 is 0 Å². The molecule has 0 spiro atoms. The Morgan fingerprint density at radius 2 is 2.18 bits per heavy atom. The topological polar surface area (TPSA) is 29.9 Å². The van der Waals surface area contributed by atoms with Crippen LogP contribution in [0.4, 0.5) is 0 Å². The normalized spacial score (nSPS) is 17.7. The van der Waals surface area contributed by atoms with Gasteiger partial charge in [-0.25, -0.2) is 0 Å². The van der Waals surface area contributed by atoms with Crippen LogP contribution in [0.25, 0.3) is 0 Å². The Kier molecular flexibility index (Phi) is 3.57.